The molecule has 3 amide bonds. The SMILES string of the molecule is CCCCN1C(=O)C2C(Cc3ccc(O)cc3)NC3(C(=O)Nc4c(C)cccc43)C2C1=O. The summed E-state index contributed by atoms with van der Waals surface area (Å²) in [5.41, 5.74) is 2.05. The Bertz CT molecular complexity index is 1110. The number of hydrogen-bond acceptors (Lipinski definition) is 5. The molecule has 2 aromatic rings. The van der Waals surface area contributed by atoms with Gasteiger partial charge in [-0.3, -0.25) is 24.6 Å². The van der Waals surface area contributed by atoms with Crippen molar-refractivity contribution in [1.82, 2.24) is 10.2 Å². The van der Waals surface area contributed by atoms with Gasteiger partial charge in [0.15, 0.2) is 0 Å². The van der Waals surface area contributed by atoms with Crippen LogP contribution in [0, 0.1) is 18.8 Å². The average molecular weight is 434 g/mol. The van der Waals surface area contributed by atoms with E-state index < -0.39 is 17.4 Å². The fraction of sp³-hybridized carbons (Fsp3) is 0.400. The number of benzene rings is 2. The number of carbonyl (C=O) groups is 3. The number of hydrogen-bond donors (Lipinski definition) is 3. The molecule has 2 aromatic carbocycles. The molecule has 3 heterocycles. The number of rotatable bonds is 5. The summed E-state index contributed by atoms with van der Waals surface area (Å²) in [5, 5.41) is 16.1. The van der Waals surface area contributed by atoms with E-state index in [0.29, 0.717) is 13.0 Å². The normalized spacial score (nSPS) is 28.4. The molecule has 0 aromatic heterocycles. The lowest BCUT2D eigenvalue weighted by atomic mass is 9.76. The highest BCUT2D eigenvalue weighted by molar-refractivity contribution is 6.15. The van der Waals surface area contributed by atoms with E-state index in [9.17, 15) is 19.5 Å². The van der Waals surface area contributed by atoms with Crippen LogP contribution in [0.5, 0.6) is 5.75 Å². The van der Waals surface area contributed by atoms with Crippen LogP contribution in [-0.2, 0) is 26.3 Å². The molecule has 0 saturated carbocycles. The zero-order valence-electron chi connectivity index (χ0n) is 18.2. The van der Waals surface area contributed by atoms with Crippen molar-refractivity contribution in [2.24, 2.45) is 11.8 Å². The second-order valence-electron chi connectivity index (χ2n) is 9.07. The van der Waals surface area contributed by atoms with Crippen molar-refractivity contribution in [2.75, 3.05) is 11.9 Å². The Hall–Kier alpha value is -3.19. The second kappa shape index (κ2) is 7.45. The highest BCUT2D eigenvalue weighted by Crippen LogP contribution is 2.53. The number of nitrogens with zero attached hydrogens (tertiary/aromatic N) is 1. The summed E-state index contributed by atoms with van der Waals surface area (Å²) < 4.78 is 0. The summed E-state index contributed by atoms with van der Waals surface area (Å²) in [6, 6.07) is 12.1. The summed E-state index contributed by atoms with van der Waals surface area (Å²) in [6.07, 6.45) is 2.08. The van der Waals surface area contributed by atoms with Crippen LogP contribution in [0.1, 0.15) is 36.5 Å². The molecule has 4 unspecified atom stereocenters. The number of fused-ring (bicyclic) bond motifs is 4. The van der Waals surface area contributed by atoms with Crippen molar-refractivity contribution in [2.45, 2.75) is 44.7 Å². The van der Waals surface area contributed by atoms with Crippen LogP contribution < -0.4 is 10.6 Å². The molecule has 2 saturated heterocycles. The second-order valence-corrected chi connectivity index (χ2v) is 9.07. The van der Waals surface area contributed by atoms with Crippen molar-refractivity contribution >= 4 is 23.4 Å². The van der Waals surface area contributed by atoms with Gasteiger partial charge in [0.1, 0.15) is 11.3 Å². The Balaban J connectivity index is 1.61. The third-order valence-corrected chi connectivity index (χ3v) is 7.18. The highest BCUT2D eigenvalue weighted by Gasteiger charge is 2.70. The Morgan fingerprint density at radius 1 is 1.06 bits per heavy atom. The number of amides is 3. The van der Waals surface area contributed by atoms with Gasteiger partial charge in [0.25, 0.3) is 0 Å². The first-order chi connectivity index (χ1) is 15.4. The van der Waals surface area contributed by atoms with E-state index in [0.717, 1.165) is 35.2 Å². The van der Waals surface area contributed by atoms with Gasteiger partial charge in [-0.25, -0.2) is 0 Å². The molecule has 3 N–H and O–H groups in total. The van der Waals surface area contributed by atoms with Crippen LogP contribution in [-0.4, -0.2) is 40.3 Å². The smallest absolute Gasteiger partial charge is 0.250 e. The third kappa shape index (κ3) is 2.80. The Morgan fingerprint density at radius 3 is 2.53 bits per heavy atom. The number of phenols is 1. The van der Waals surface area contributed by atoms with E-state index in [4.69, 9.17) is 0 Å². The summed E-state index contributed by atoms with van der Waals surface area (Å²) in [5.74, 6) is -1.97. The van der Waals surface area contributed by atoms with Gasteiger partial charge in [-0.15, -0.1) is 0 Å². The first-order valence-electron chi connectivity index (χ1n) is 11.2. The first-order valence-corrected chi connectivity index (χ1v) is 11.2. The van der Waals surface area contributed by atoms with Crippen LogP contribution in [0.3, 0.4) is 0 Å². The van der Waals surface area contributed by atoms with Crippen LogP contribution in [0.2, 0.25) is 0 Å². The number of aryl methyl sites for hydroxylation is 1. The molecule has 2 fully saturated rings. The highest BCUT2D eigenvalue weighted by atomic mass is 16.3. The molecule has 0 aliphatic carbocycles. The van der Waals surface area contributed by atoms with Gasteiger partial charge < -0.3 is 10.4 Å². The number of phenolic OH excluding ortho intramolecular Hbond substituents is 1. The minimum atomic E-state index is -1.26. The van der Waals surface area contributed by atoms with Gasteiger partial charge in [0.05, 0.1) is 11.8 Å². The topological polar surface area (TPSA) is 98.7 Å². The maximum Gasteiger partial charge on any atom is 0.250 e. The van der Waals surface area contributed by atoms with Gasteiger partial charge in [-0.05, 0) is 43.0 Å². The van der Waals surface area contributed by atoms with E-state index in [1.54, 1.807) is 24.3 Å². The van der Waals surface area contributed by atoms with Crippen LogP contribution in [0.4, 0.5) is 5.69 Å². The number of carbonyl (C=O) groups excluding carboxylic acids is 3. The zero-order chi connectivity index (χ0) is 22.6. The average Bonchev–Trinajstić information content (AvgIpc) is 3.35. The van der Waals surface area contributed by atoms with Gasteiger partial charge >= 0.3 is 0 Å². The van der Waals surface area contributed by atoms with Crippen LogP contribution in [0.25, 0.3) is 0 Å². The fourth-order valence-corrected chi connectivity index (χ4v) is 5.63. The fourth-order valence-electron chi connectivity index (χ4n) is 5.63. The maximum absolute atomic E-state index is 13.6. The van der Waals surface area contributed by atoms with E-state index in [2.05, 4.69) is 10.6 Å². The molecule has 7 heteroatoms. The molecule has 3 aliphatic rings. The van der Waals surface area contributed by atoms with Crippen LogP contribution in [0.15, 0.2) is 42.5 Å². The summed E-state index contributed by atoms with van der Waals surface area (Å²) in [6.45, 7) is 4.32. The van der Waals surface area contributed by atoms with Crippen molar-refractivity contribution in [3.8, 4) is 5.75 Å². The zero-order valence-corrected chi connectivity index (χ0v) is 18.2. The van der Waals surface area contributed by atoms with E-state index in [1.807, 2.05) is 32.0 Å². The molecule has 7 nitrogen and oxygen atoms in total. The summed E-state index contributed by atoms with van der Waals surface area (Å²) in [4.78, 5) is 41.9. The molecular weight excluding hydrogens is 406 g/mol. The number of anilines is 1. The minimum absolute atomic E-state index is 0.167. The van der Waals surface area contributed by atoms with Gasteiger partial charge in [-0.1, -0.05) is 43.7 Å². The van der Waals surface area contributed by atoms with E-state index in [-0.39, 0.29) is 29.5 Å². The quantitative estimate of drug-likeness (QED) is 0.629. The predicted molar refractivity (Wildman–Crippen MR) is 119 cm³/mol. The number of likely N-dealkylation sites (tertiary alicyclic amines) is 1. The van der Waals surface area contributed by atoms with Gasteiger partial charge in [-0.2, -0.15) is 0 Å². The van der Waals surface area contributed by atoms with Crippen molar-refractivity contribution in [1.29, 1.82) is 0 Å². The lowest BCUT2D eigenvalue weighted by Gasteiger charge is -2.29. The molecule has 0 radical (unpaired) electrons. The predicted octanol–water partition coefficient (Wildman–Crippen LogP) is 2.46. The van der Waals surface area contributed by atoms with Gasteiger partial charge in [0, 0.05) is 23.8 Å². The molecule has 0 bridgehead atoms. The third-order valence-electron chi connectivity index (χ3n) is 7.18. The monoisotopic (exact) mass is 433 g/mol. The van der Waals surface area contributed by atoms with Crippen molar-refractivity contribution in [3.63, 3.8) is 0 Å². The molecule has 3 aliphatic heterocycles. The maximum atomic E-state index is 13.6. The summed E-state index contributed by atoms with van der Waals surface area (Å²) in [7, 11) is 0. The van der Waals surface area contributed by atoms with Crippen LogP contribution >= 0.6 is 0 Å². The van der Waals surface area contributed by atoms with Gasteiger partial charge in [0.2, 0.25) is 17.7 Å². The lowest BCUT2D eigenvalue weighted by molar-refractivity contribution is -0.142. The molecular formula is C25H27N3O4. The molecule has 1 spiro atoms. The number of unbranched alkanes of at least 4 members (excludes halogenated alkanes) is 1. The van der Waals surface area contributed by atoms with E-state index in [1.165, 1.54) is 4.90 Å². The number of aromatic hydroxyl groups is 1. The Morgan fingerprint density at radius 2 is 1.81 bits per heavy atom. The lowest BCUT2D eigenvalue weighted by Crippen LogP contribution is -2.53. The van der Waals surface area contributed by atoms with E-state index >= 15 is 0 Å². The largest absolute Gasteiger partial charge is 0.508 e. The Kier molecular flexibility index (Phi) is 4.82. The molecule has 32 heavy (non-hydrogen) atoms. The summed E-state index contributed by atoms with van der Waals surface area (Å²) >= 11 is 0. The first kappa shape index (κ1) is 20.7. The van der Waals surface area contributed by atoms with Crippen molar-refractivity contribution < 1.29 is 19.5 Å². The standard InChI is InChI=1S/C25H27N3O4/c1-3-4-12-28-22(30)19-18(13-15-8-10-16(29)11-9-15)27-25(20(19)23(28)31)17-7-5-6-14(2)21(17)26-24(25)32/h5-11,18-20,27,29H,3-4,12-13H2,1-2H3,(H,26,32). The number of para-hydroxylation sites is 1. The number of nitrogens with one attached hydrogen (secondary N) is 2. The molecule has 5 rings (SSSR count). The van der Waals surface area contributed by atoms with Crippen molar-refractivity contribution in [3.05, 3.63) is 59.2 Å². The number of imide groups is 1. The molecule has 166 valence electrons. The minimum Gasteiger partial charge on any atom is -0.508 e. The Labute approximate surface area is 186 Å². The molecule has 4 atom stereocenters.